The van der Waals surface area contributed by atoms with Gasteiger partial charge in [-0.3, -0.25) is 0 Å². The Hall–Kier alpha value is -8.48. The second-order valence-corrected chi connectivity index (χ2v) is 16.1. The van der Waals surface area contributed by atoms with Crippen molar-refractivity contribution in [2.75, 3.05) is 0 Å². The lowest BCUT2D eigenvalue weighted by Gasteiger charge is -2.26. The summed E-state index contributed by atoms with van der Waals surface area (Å²) in [5.74, 6) is 1.35. The van der Waals surface area contributed by atoms with Crippen molar-refractivity contribution < 1.29 is 8.83 Å². The van der Waals surface area contributed by atoms with Crippen LogP contribution >= 0.6 is 0 Å². The molecule has 0 saturated heterocycles. The fourth-order valence-electron chi connectivity index (χ4n) is 9.58. The summed E-state index contributed by atoms with van der Waals surface area (Å²) in [4.78, 5) is 10.6. The summed E-state index contributed by atoms with van der Waals surface area (Å²) in [6.45, 7) is 0. The molecular formula is C57H36N4O2. The lowest BCUT2D eigenvalue weighted by Crippen LogP contribution is -2.33. The molecule has 0 saturated carbocycles. The number of fused-ring (bicyclic) bond motifs is 10. The van der Waals surface area contributed by atoms with Crippen LogP contribution in [0.4, 0.5) is 0 Å². The van der Waals surface area contributed by atoms with Gasteiger partial charge in [0, 0.05) is 49.2 Å². The molecule has 4 heterocycles. The van der Waals surface area contributed by atoms with E-state index in [2.05, 4.69) is 186 Å². The van der Waals surface area contributed by atoms with E-state index in [4.69, 9.17) is 18.8 Å². The molecule has 296 valence electrons. The van der Waals surface area contributed by atoms with Crippen molar-refractivity contribution in [1.29, 1.82) is 0 Å². The second-order valence-electron chi connectivity index (χ2n) is 16.1. The molecule has 0 spiro atoms. The number of aromatic nitrogens is 1. The number of aliphatic imine (C=N–C) groups is 2. The van der Waals surface area contributed by atoms with E-state index in [9.17, 15) is 0 Å². The van der Waals surface area contributed by atoms with Crippen LogP contribution in [-0.4, -0.2) is 16.2 Å². The van der Waals surface area contributed by atoms with Crippen LogP contribution in [0.2, 0.25) is 0 Å². The van der Waals surface area contributed by atoms with Gasteiger partial charge in [0.1, 0.15) is 34.3 Å². The SMILES string of the molecule is c1ccc(-c2cc(C3=NC(c4ccc5c(c4)oc4ccccc45)=NC(c4ccccc4)N3)cc(-c3ccccc3)c2-n2c3ccccc3c3ccc4oc5ccccc5c4c32)cc1. The average molecular weight is 809 g/mol. The highest BCUT2D eigenvalue weighted by atomic mass is 16.3. The van der Waals surface area contributed by atoms with Crippen molar-refractivity contribution in [3.8, 4) is 27.9 Å². The van der Waals surface area contributed by atoms with Crippen LogP contribution in [0, 0.1) is 0 Å². The van der Waals surface area contributed by atoms with E-state index in [0.717, 1.165) is 111 Å². The fourth-order valence-corrected chi connectivity index (χ4v) is 9.58. The number of amidine groups is 2. The predicted octanol–water partition coefficient (Wildman–Crippen LogP) is 14.4. The molecule has 0 radical (unpaired) electrons. The summed E-state index contributed by atoms with van der Waals surface area (Å²) >= 11 is 0. The summed E-state index contributed by atoms with van der Waals surface area (Å²) < 4.78 is 15.4. The molecule has 1 aliphatic rings. The van der Waals surface area contributed by atoms with Crippen LogP contribution in [0.15, 0.2) is 225 Å². The number of nitrogens with one attached hydrogen (secondary N) is 1. The second kappa shape index (κ2) is 14.0. The quantitative estimate of drug-likeness (QED) is 0.182. The molecule has 6 nitrogen and oxygen atoms in total. The van der Waals surface area contributed by atoms with E-state index in [-0.39, 0.29) is 6.17 Å². The monoisotopic (exact) mass is 808 g/mol. The molecule has 3 aromatic heterocycles. The Bertz CT molecular complexity index is 3760. The number of para-hydroxylation sites is 3. The first-order valence-corrected chi connectivity index (χ1v) is 21.3. The van der Waals surface area contributed by atoms with Crippen molar-refractivity contribution >= 4 is 77.4 Å². The van der Waals surface area contributed by atoms with Gasteiger partial charge in [-0.25, -0.2) is 9.98 Å². The smallest absolute Gasteiger partial charge is 0.159 e. The van der Waals surface area contributed by atoms with Crippen molar-refractivity contribution in [2.45, 2.75) is 6.17 Å². The van der Waals surface area contributed by atoms with E-state index in [1.165, 1.54) is 5.39 Å². The molecule has 0 bridgehead atoms. The van der Waals surface area contributed by atoms with E-state index in [1.807, 2.05) is 30.3 Å². The fraction of sp³-hybridized carbons (Fsp3) is 0.0175. The van der Waals surface area contributed by atoms with Crippen LogP contribution in [0.25, 0.3) is 93.6 Å². The molecule has 63 heavy (non-hydrogen) atoms. The van der Waals surface area contributed by atoms with E-state index < -0.39 is 0 Å². The van der Waals surface area contributed by atoms with Crippen LogP contribution in [-0.2, 0) is 0 Å². The molecule has 1 unspecified atom stereocenters. The summed E-state index contributed by atoms with van der Waals surface area (Å²) in [7, 11) is 0. The van der Waals surface area contributed by atoms with E-state index >= 15 is 0 Å². The molecule has 1 atom stereocenters. The molecule has 1 aliphatic heterocycles. The maximum Gasteiger partial charge on any atom is 0.159 e. The number of nitrogens with zero attached hydrogens (tertiary/aromatic N) is 3. The standard InChI is InChI=1S/C57H36N4O2/c1-4-16-35(17-5-1)45-32-39(57-59-55(37-20-8-3-9-21-37)58-56(60-57)38-28-29-42-41-23-11-14-26-48(41)63-51(42)34-38)33-46(36-18-6-2-7-19-36)53(45)61-47-25-13-10-22-40(47)43-30-31-50-52(54(43)61)44-24-12-15-27-49(44)62-50/h1-34,55H,(H,58,59,60). The Morgan fingerprint density at radius 1 is 0.429 bits per heavy atom. The Balaban J connectivity index is 1.11. The van der Waals surface area contributed by atoms with Gasteiger partial charge in [0.15, 0.2) is 5.84 Å². The molecule has 0 amide bonds. The first-order valence-electron chi connectivity index (χ1n) is 21.3. The molecule has 12 aromatic rings. The van der Waals surface area contributed by atoms with Crippen LogP contribution in [0.1, 0.15) is 22.9 Å². The first kappa shape index (κ1) is 35.3. The molecule has 9 aromatic carbocycles. The predicted molar refractivity (Wildman–Crippen MR) is 258 cm³/mol. The van der Waals surface area contributed by atoms with Crippen molar-refractivity contribution in [2.24, 2.45) is 9.98 Å². The number of rotatable bonds is 6. The third kappa shape index (κ3) is 5.65. The Labute approximate surface area is 361 Å². The minimum atomic E-state index is -0.389. The first-order chi connectivity index (χ1) is 31.2. The third-order valence-electron chi connectivity index (χ3n) is 12.4. The van der Waals surface area contributed by atoms with Gasteiger partial charge in [-0.1, -0.05) is 152 Å². The van der Waals surface area contributed by atoms with Gasteiger partial charge in [0.05, 0.1) is 22.1 Å². The molecular weight excluding hydrogens is 773 g/mol. The van der Waals surface area contributed by atoms with Crippen molar-refractivity contribution in [3.05, 3.63) is 223 Å². The van der Waals surface area contributed by atoms with Crippen molar-refractivity contribution in [1.82, 2.24) is 9.88 Å². The Morgan fingerprint density at radius 2 is 1.00 bits per heavy atom. The van der Waals surface area contributed by atoms with Crippen LogP contribution < -0.4 is 5.32 Å². The minimum Gasteiger partial charge on any atom is -0.456 e. The Kier molecular flexibility index (Phi) is 7.87. The largest absolute Gasteiger partial charge is 0.456 e. The van der Waals surface area contributed by atoms with Gasteiger partial charge >= 0.3 is 0 Å². The molecule has 0 aliphatic carbocycles. The summed E-state index contributed by atoms with van der Waals surface area (Å²) in [6.07, 6.45) is -0.389. The zero-order valence-electron chi connectivity index (χ0n) is 33.9. The lowest BCUT2D eigenvalue weighted by atomic mass is 9.92. The summed E-state index contributed by atoms with van der Waals surface area (Å²) in [6, 6.07) is 72.2. The van der Waals surface area contributed by atoms with Gasteiger partial charge in [0.2, 0.25) is 0 Å². The topological polar surface area (TPSA) is 68.0 Å². The maximum absolute atomic E-state index is 6.55. The van der Waals surface area contributed by atoms with Gasteiger partial charge in [-0.15, -0.1) is 0 Å². The van der Waals surface area contributed by atoms with E-state index in [0.29, 0.717) is 5.84 Å². The Morgan fingerprint density at radius 3 is 1.73 bits per heavy atom. The van der Waals surface area contributed by atoms with E-state index in [1.54, 1.807) is 0 Å². The van der Waals surface area contributed by atoms with Crippen molar-refractivity contribution in [3.63, 3.8) is 0 Å². The molecule has 13 rings (SSSR count). The lowest BCUT2D eigenvalue weighted by molar-refractivity contribution is 0.667. The molecule has 0 fully saturated rings. The van der Waals surface area contributed by atoms with Crippen LogP contribution in [0.3, 0.4) is 0 Å². The summed E-state index contributed by atoms with van der Waals surface area (Å²) in [5, 5.41) is 10.4. The highest BCUT2D eigenvalue weighted by Gasteiger charge is 2.27. The summed E-state index contributed by atoms with van der Waals surface area (Å²) in [5.41, 5.74) is 13.8. The average Bonchev–Trinajstić information content (AvgIpc) is 4.03. The molecule has 6 heteroatoms. The highest BCUT2D eigenvalue weighted by molar-refractivity contribution is 6.25. The van der Waals surface area contributed by atoms with Gasteiger partial charge in [-0.05, 0) is 71.3 Å². The van der Waals surface area contributed by atoms with Gasteiger partial charge in [0.25, 0.3) is 0 Å². The zero-order valence-corrected chi connectivity index (χ0v) is 33.9. The minimum absolute atomic E-state index is 0.389. The number of benzene rings is 9. The van der Waals surface area contributed by atoms with Gasteiger partial charge < -0.3 is 18.7 Å². The number of furan rings is 2. The normalized spacial score (nSPS) is 14.2. The third-order valence-corrected chi connectivity index (χ3v) is 12.4. The number of hydrogen-bond donors (Lipinski definition) is 1. The van der Waals surface area contributed by atoms with Gasteiger partial charge in [-0.2, -0.15) is 0 Å². The maximum atomic E-state index is 6.55. The number of hydrogen-bond acceptors (Lipinski definition) is 5. The zero-order chi connectivity index (χ0) is 41.4. The van der Waals surface area contributed by atoms with Crippen LogP contribution in [0.5, 0.6) is 0 Å². The molecule has 1 N–H and O–H groups in total. The highest BCUT2D eigenvalue weighted by Crippen LogP contribution is 2.46.